The molecule has 0 bridgehead atoms. The van der Waals surface area contributed by atoms with E-state index in [0.717, 1.165) is 3.57 Å². The monoisotopic (exact) mass is 418 g/mol. The molecular weight excluding hydrogens is 403 g/mol. The lowest BCUT2D eigenvalue weighted by Crippen LogP contribution is -2.14. The standard InChI is InChI=1S/C18H15IN2O2/c1-2-23-17-10-6-3-7-13(17)11-14(12-20)18(22)21-16-9-5-4-8-15(16)19/h3-11H,2H2,1H3,(H,21,22)/b14-11+. The van der Waals surface area contributed by atoms with Gasteiger partial charge in [0.05, 0.1) is 12.3 Å². The summed E-state index contributed by atoms with van der Waals surface area (Å²) in [6, 6.07) is 16.6. The first-order valence-electron chi connectivity index (χ1n) is 7.05. The Hall–Kier alpha value is -2.33. The minimum atomic E-state index is -0.442. The van der Waals surface area contributed by atoms with Crippen LogP contribution in [0.25, 0.3) is 6.08 Å². The molecule has 0 aliphatic rings. The van der Waals surface area contributed by atoms with Gasteiger partial charge in [-0.25, -0.2) is 0 Å². The molecule has 0 unspecified atom stereocenters. The van der Waals surface area contributed by atoms with Crippen LogP contribution in [0.3, 0.4) is 0 Å². The van der Waals surface area contributed by atoms with E-state index in [1.165, 1.54) is 6.08 Å². The molecule has 0 aliphatic carbocycles. The van der Waals surface area contributed by atoms with Gasteiger partial charge in [-0.1, -0.05) is 30.3 Å². The topological polar surface area (TPSA) is 62.1 Å². The quantitative estimate of drug-likeness (QED) is 0.449. The molecule has 0 radical (unpaired) electrons. The van der Waals surface area contributed by atoms with Gasteiger partial charge in [0.1, 0.15) is 17.4 Å². The van der Waals surface area contributed by atoms with Gasteiger partial charge in [0.15, 0.2) is 0 Å². The number of hydrogen-bond donors (Lipinski definition) is 1. The van der Waals surface area contributed by atoms with Crippen molar-refractivity contribution in [2.24, 2.45) is 0 Å². The third-order valence-corrected chi connectivity index (χ3v) is 3.95. The molecule has 23 heavy (non-hydrogen) atoms. The first-order valence-corrected chi connectivity index (χ1v) is 8.13. The second kappa shape index (κ2) is 8.34. The number of rotatable bonds is 5. The van der Waals surface area contributed by atoms with Crippen molar-refractivity contribution >= 4 is 40.3 Å². The van der Waals surface area contributed by atoms with Crippen LogP contribution in [0.5, 0.6) is 5.75 Å². The van der Waals surface area contributed by atoms with Gasteiger partial charge in [0.25, 0.3) is 5.91 Å². The highest BCUT2D eigenvalue weighted by Crippen LogP contribution is 2.22. The summed E-state index contributed by atoms with van der Waals surface area (Å²) in [7, 11) is 0. The molecule has 116 valence electrons. The zero-order valence-electron chi connectivity index (χ0n) is 12.5. The third kappa shape index (κ3) is 4.57. The first-order chi connectivity index (χ1) is 11.2. The molecule has 2 rings (SSSR count). The van der Waals surface area contributed by atoms with E-state index < -0.39 is 5.91 Å². The smallest absolute Gasteiger partial charge is 0.266 e. The molecular formula is C18H15IN2O2. The molecule has 2 aromatic rings. The normalized spacial score (nSPS) is 10.7. The van der Waals surface area contributed by atoms with E-state index in [0.29, 0.717) is 23.6 Å². The summed E-state index contributed by atoms with van der Waals surface area (Å²) in [5.41, 5.74) is 1.40. The third-order valence-electron chi connectivity index (χ3n) is 3.01. The van der Waals surface area contributed by atoms with Crippen molar-refractivity contribution in [2.75, 3.05) is 11.9 Å². The maximum absolute atomic E-state index is 12.3. The Kier molecular flexibility index (Phi) is 6.18. The van der Waals surface area contributed by atoms with E-state index in [9.17, 15) is 10.1 Å². The molecule has 0 atom stereocenters. The van der Waals surface area contributed by atoms with Gasteiger partial charge in [-0.15, -0.1) is 0 Å². The number of nitrogens with zero attached hydrogens (tertiary/aromatic N) is 1. The lowest BCUT2D eigenvalue weighted by Gasteiger charge is -2.08. The Labute approximate surface area is 148 Å². The van der Waals surface area contributed by atoms with Crippen LogP contribution in [0.4, 0.5) is 5.69 Å². The van der Waals surface area contributed by atoms with Crippen LogP contribution >= 0.6 is 22.6 Å². The summed E-state index contributed by atoms with van der Waals surface area (Å²) in [6.45, 7) is 2.40. The van der Waals surface area contributed by atoms with Crippen molar-refractivity contribution in [1.29, 1.82) is 5.26 Å². The molecule has 5 heteroatoms. The molecule has 1 amide bonds. The van der Waals surface area contributed by atoms with Crippen LogP contribution in [-0.2, 0) is 4.79 Å². The molecule has 0 aliphatic heterocycles. The van der Waals surface area contributed by atoms with Crippen molar-refractivity contribution in [2.45, 2.75) is 6.92 Å². The summed E-state index contributed by atoms with van der Waals surface area (Å²) < 4.78 is 6.42. The maximum atomic E-state index is 12.3. The average molecular weight is 418 g/mol. The predicted molar refractivity (Wildman–Crippen MR) is 99.0 cm³/mol. The fraction of sp³-hybridized carbons (Fsp3) is 0.111. The number of nitriles is 1. The molecule has 2 aromatic carbocycles. The fourth-order valence-electron chi connectivity index (χ4n) is 1.94. The second-order valence-electron chi connectivity index (χ2n) is 4.57. The Morgan fingerprint density at radius 3 is 2.65 bits per heavy atom. The van der Waals surface area contributed by atoms with E-state index in [2.05, 4.69) is 27.9 Å². The van der Waals surface area contributed by atoms with Crippen LogP contribution < -0.4 is 10.1 Å². The van der Waals surface area contributed by atoms with Gasteiger partial charge in [0, 0.05) is 9.13 Å². The summed E-state index contributed by atoms with van der Waals surface area (Å²) in [5.74, 6) is 0.202. The number of ether oxygens (including phenoxy) is 1. The van der Waals surface area contributed by atoms with Crippen LogP contribution in [0.1, 0.15) is 12.5 Å². The number of carbonyl (C=O) groups is 1. The minimum absolute atomic E-state index is 0.0248. The van der Waals surface area contributed by atoms with Crippen LogP contribution in [0.15, 0.2) is 54.1 Å². The summed E-state index contributed by atoms with van der Waals surface area (Å²) in [5, 5.41) is 12.1. The molecule has 0 aromatic heterocycles. The molecule has 4 nitrogen and oxygen atoms in total. The van der Waals surface area contributed by atoms with Gasteiger partial charge in [-0.3, -0.25) is 4.79 Å². The molecule has 0 heterocycles. The van der Waals surface area contributed by atoms with Gasteiger partial charge in [0.2, 0.25) is 0 Å². The fourth-order valence-corrected chi connectivity index (χ4v) is 2.47. The lowest BCUT2D eigenvalue weighted by molar-refractivity contribution is -0.112. The predicted octanol–water partition coefficient (Wildman–Crippen LogP) is 4.24. The van der Waals surface area contributed by atoms with Gasteiger partial charge in [-0.05, 0) is 53.8 Å². The molecule has 0 saturated heterocycles. The number of amides is 1. The number of nitrogens with one attached hydrogen (secondary N) is 1. The highest BCUT2D eigenvalue weighted by atomic mass is 127. The number of halogens is 1. The SMILES string of the molecule is CCOc1ccccc1/C=C(\C#N)C(=O)Nc1ccccc1I. The van der Waals surface area contributed by atoms with Gasteiger partial charge in [-0.2, -0.15) is 5.26 Å². The highest BCUT2D eigenvalue weighted by Gasteiger charge is 2.12. The van der Waals surface area contributed by atoms with E-state index >= 15 is 0 Å². The Balaban J connectivity index is 2.27. The largest absolute Gasteiger partial charge is 0.493 e. The van der Waals surface area contributed by atoms with Crippen molar-refractivity contribution in [3.63, 3.8) is 0 Å². The molecule has 1 N–H and O–H groups in total. The molecule has 0 spiro atoms. The summed E-state index contributed by atoms with van der Waals surface area (Å²) >= 11 is 2.13. The Morgan fingerprint density at radius 2 is 1.96 bits per heavy atom. The molecule has 0 fully saturated rings. The first kappa shape index (κ1) is 17.0. The number of para-hydroxylation sites is 2. The van der Waals surface area contributed by atoms with Crippen molar-refractivity contribution in [3.05, 3.63) is 63.2 Å². The zero-order chi connectivity index (χ0) is 16.7. The van der Waals surface area contributed by atoms with Crippen molar-refractivity contribution < 1.29 is 9.53 Å². The number of benzene rings is 2. The lowest BCUT2D eigenvalue weighted by atomic mass is 10.1. The van der Waals surface area contributed by atoms with Crippen LogP contribution in [0, 0.1) is 14.9 Å². The average Bonchev–Trinajstić information content (AvgIpc) is 2.56. The maximum Gasteiger partial charge on any atom is 0.266 e. The summed E-state index contributed by atoms with van der Waals surface area (Å²) in [6.07, 6.45) is 1.54. The Bertz CT molecular complexity index is 779. The van der Waals surface area contributed by atoms with Crippen molar-refractivity contribution in [1.82, 2.24) is 0 Å². The van der Waals surface area contributed by atoms with Crippen LogP contribution in [-0.4, -0.2) is 12.5 Å². The highest BCUT2D eigenvalue weighted by molar-refractivity contribution is 14.1. The van der Waals surface area contributed by atoms with Crippen LogP contribution in [0.2, 0.25) is 0 Å². The van der Waals surface area contributed by atoms with Gasteiger partial charge < -0.3 is 10.1 Å². The van der Waals surface area contributed by atoms with E-state index in [-0.39, 0.29) is 5.57 Å². The van der Waals surface area contributed by atoms with E-state index in [4.69, 9.17) is 4.74 Å². The minimum Gasteiger partial charge on any atom is -0.493 e. The summed E-state index contributed by atoms with van der Waals surface area (Å²) in [4.78, 5) is 12.3. The number of carbonyl (C=O) groups excluding carboxylic acids is 1. The Morgan fingerprint density at radius 1 is 1.26 bits per heavy atom. The number of hydrogen-bond acceptors (Lipinski definition) is 3. The van der Waals surface area contributed by atoms with E-state index in [1.54, 1.807) is 6.07 Å². The van der Waals surface area contributed by atoms with Crippen molar-refractivity contribution in [3.8, 4) is 11.8 Å². The van der Waals surface area contributed by atoms with E-state index in [1.807, 2.05) is 55.5 Å². The zero-order valence-corrected chi connectivity index (χ0v) is 14.7. The number of anilines is 1. The second-order valence-corrected chi connectivity index (χ2v) is 5.74. The van der Waals surface area contributed by atoms with Gasteiger partial charge >= 0.3 is 0 Å². The molecule has 0 saturated carbocycles.